The van der Waals surface area contributed by atoms with Crippen LogP contribution in [0, 0.1) is 12.3 Å². The highest BCUT2D eigenvalue weighted by atomic mass is 16.3. The van der Waals surface area contributed by atoms with Crippen molar-refractivity contribution < 1.29 is 9.90 Å². The summed E-state index contributed by atoms with van der Waals surface area (Å²) >= 11 is 0. The second kappa shape index (κ2) is 1.71. The van der Waals surface area contributed by atoms with Crippen molar-refractivity contribution >= 4 is 5.78 Å². The van der Waals surface area contributed by atoms with Crippen LogP contribution in [0.15, 0.2) is 11.1 Å². The quantitative estimate of drug-likeness (QED) is 0.485. The lowest BCUT2D eigenvalue weighted by Crippen LogP contribution is -2.48. The monoisotopic (exact) mass is 136 g/mol. The summed E-state index contributed by atoms with van der Waals surface area (Å²) in [4.78, 5) is 10.9. The van der Waals surface area contributed by atoms with E-state index in [9.17, 15) is 9.90 Å². The van der Waals surface area contributed by atoms with Crippen molar-refractivity contribution in [3.8, 4) is 12.3 Å². The number of aliphatic hydroxyl groups is 1. The van der Waals surface area contributed by atoms with Crippen LogP contribution in [0.3, 0.4) is 0 Å². The fraction of sp³-hybridized carbons (Fsp3) is 0.375. The van der Waals surface area contributed by atoms with Gasteiger partial charge in [-0.3, -0.25) is 4.79 Å². The summed E-state index contributed by atoms with van der Waals surface area (Å²) in [6.45, 7) is 3.32. The molecule has 0 aromatic carbocycles. The molecule has 1 aliphatic rings. The van der Waals surface area contributed by atoms with Gasteiger partial charge in [0, 0.05) is 0 Å². The molecule has 1 atom stereocenters. The molecule has 0 heterocycles. The third-order valence-electron chi connectivity index (χ3n) is 1.98. The van der Waals surface area contributed by atoms with Crippen molar-refractivity contribution in [2.75, 3.05) is 0 Å². The molecule has 1 N–H and O–H groups in total. The van der Waals surface area contributed by atoms with Crippen LogP contribution >= 0.6 is 0 Å². The van der Waals surface area contributed by atoms with Crippen LogP contribution in [-0.4, -0.2) is 16.5 Å². The Kier molecular flexibility index (Phi) is 1.20. The largest absolute Gasteiger partial charge is 0.367 e. The molecule has 1 aliphatic carbocycles. The van der Waals surface area contributed by atoms with E-state index in [0.29, 0.717) is 11.1 Å². The predicted octanol–water partition coefficient (Wildman–Crippen LogP) is 0.270. The number of terminal acetylenes is 1. The van der Waals surface area contributed by atoms with Gasteiger partial charge in [-0.25, -0.2) is 0 Å². The van der Waals surface area contributed by atoms with Gasteiger partial charge >= 0.3 is 0 Å². The van der Waals surface area contributed by atoms with E-state index in [1.54, 1.807) is 13.8 Å². The van der Waals surface area contributed by atoms with Crippen molar-refractivity contribution in [2.45, 2.75) is 19.4 Å². The highest BCUT2D eigenvalue weighted by Gasteiger charge is 2.46. The van der Waals surface area contributed by atoms with E-state index in [1.807, 2.05) is 0 Å². The first-order valence-corrected chi connectivity index (χ1v) is 2.97. The average molecular weight is 136 g/mol. The molecule has 0 amide bonds. The van der Waals surface area contributed by atoms with Gasteiger partial charge in [0.15, 0.2) is 0 Å². The minimum Gasteiger partial charge on any atom is -0.367 e. The molecule has 52 valence electrons. The molecule has 2 nitrogen and oxygen atoms in total. The second-order valence-electron chi connectivity index (χ2n) is 2.43. The van der Waals surface area contributed by atoms with Gasteiger partial charge < -0.3 is 5.11 Å². The Bertz CT molecular complexity index is 267. The van der Waals surface area contributed by atoms with E-state index in [-0.39, 0.29) is 5.78 Å². The first-order valence-electron chi connectivity index (χ1n) is 2.97. The third-order valence-corrected chi connectivity index (χ3v) is 1.98. The minimum atomic E-state index is -1.58. The van der Waals surface area contributed by atoms with E-state index in [2.05, 4.69) is 5.92 Å². The van der Waals surface area contributed by atoms with Crippen molar-refractivity contribution in [3.63, 3.8) is 0 Å². The van der Waals surface area contributed by atoms with Gasteiger partial charge in [0.05, 0.1) is 0 Å². The molecule has 1 rings (SSSR count). The zero-order chi connectivity index (χ0) is 7.94. The zero-order valence-corrected chi connectivity index (χ0v) is 5.93. The molecule has 0 radical (unpaired) electrons. The van der Waals surface area contributed by atoms with E-state index < -0.39 is 5.60 Å². The SMILES string of the molecule is C#CC1(O)C(=O)C(C)=C1C. The zero-order valence-electron chi connectivity index (χ0n) is 5.93. The van der Waals surface area contributed by atoms with Crippen LogP contribution in [0.25, 0.3) is 0 Å². The molecular formula is C8H8O2. The van der Waals surface area contributed by atoms with Crippen LogP contribution in [-0.2, 0) is 4.79 Å². The summed E-state index contributed by atoms with van der Waals surface area (Å²) in [5.41, 5.74) is -0.398. The maximum atomic E-state index is 10.9. The summed E-state index contributed by atoms with van der Waals surface area (Å²) < 4.78 is 0. The van der Waals surface area contributed by atoms with Crippen molar-refractivity contribution in [2.24, 2.45) is 0 Å². The maximum Gasteiger partial charge on any atom is 0.210 e. The molecule has 0 fully saturated rings. The van der Waals surface area contributed by atoms with Gasteiger partial charge in [-0.05, 0) is 25.0 Å². The second-order valence-corrected chi connectivity index (χ2v) is 2.43. The van der Waals surface area contributed by atoms with Crippen LogP contribution in [0.5, 0.6) is 0 Å². The Morgan fingerprint density at radius 1 is 1.60 bits per heavy atom. The van der Waals surface area contributed by atoms with Gasteiger partial charge in [0.25, 0.3) is 0 Å². The van der Waals surface area contributed by atoms with Gasteiger partial charge in [0.1, 0.15) is 0 Å². The standard InChI is InChI=1S/C8H8O2/c1-4-8(10)6(3)5(2)7(8)9/h1,10H,2-3H3. The average Bonchev–Trinajstić information content (AvgIpc) is 2.00. The molecule has 1 unspecified atom stereocenters. The van der Waals surface area contributed by atoms with Crippen molar-refractivity contribution in [3.05, 3.63) is 11.1 Å². The molecule has 0 aromatic rings. The molecule has 0 bridgehead atoms. The molecular weight excluding hydrogens is 128 g/mol. The van der Waals surface area contributed by atoms with Crippen molar-refractivity contribution in [1.82, 2.24) is 0 Å². The van der Waals surface area contributed by atoms with E-state index >= 15 is 0 Å². The molecule has 0 saturated carbocycles. The molecule has 2 heteroatoms. The van der Waals surface area contributed by atoms with Crippen LogP contribution < -0.4 is 0 Å². The maximum absolute atomic E-state index is 10.9. The van der Waals surface area contributed by atoms with Gasteiger partial charge in [-0.1, -0.05) is 5.92 Å². The predicted molar refractivity (Wildman–Crippen MR) is 37.2 cm³/mol. The number of hydrogen-bond acceptors (Lipinski definition) is 2. The smallest absolute Gasteiger partial charge is 0.210 e. The van der Waals surface area contributed by atoms with Crippen LogP contribution in [0.2, 0.25) is 0 Å². The molecule has 0 saturated heterocycles. The lowest BCUT2D eigenvalue weighted by atomic mass is 9.74. The number of Topliss-reactive ketones (excluding diaryl/α,β-unsaturated/α-hetero) is 1. The normalized spacial score (nSPS) is 31.6. The summed E-state index contributed by atoms with van der Waals surface area (Å²) in [6.07, 6.45) is 4.96. The minimum absolute atomic E-state index is 0.340. The summed E-state index contributed by atoms with van der Waals surface area (Å²) in [5, 5.41) is 9.28. The highest BCUT2D eigenvalue weighted by Crippen LogP contribution is 2.33. The van der Waals surface area contributed by atoms with Crippen LogP contribution in [0.4, 0.5) is 0 Å². The number of carbonyl (C=O) groups excluding carboxylic acids is 1. The number of carbonyl (C=O) groups is 1. The lowest BCUT2D eigenvalue weighted by molar-refractivity contribution is -0.129. The number of ketones is 1. The Morgan fingerprint density at radius 3 is 2.30 bits per heavy atom. The Labute approximate surface area is 59.6 Å². The summed E-state index contributed by atoms with van der Waals surface area (Å²) in [7, 11) is 0. The Balaban J connectivity index is 3.16. The van der Waals surface area contributed by atoms with Gasteiger partial charge in [0.2, 0.25) is 11.4 Å². The topological polar surface area (TPSA) is 37.3 Å². The molecule has 0 aliphatic heterocycles. The van der Waals surface area contributed by atoms with Gasteiger partial charge in [-0.2, -0.15) is 0 Å². The molecule has 0 spiro atoms. The fourth-order valence-corrected chi connectivity index (χ4v) is 0.995. The number of hydrogen-bond donors (Lipinski definition) is 1. The Morgan fingerprint density at radius 2 is 2.10 bits per heavy atom. The van der Waals surface area contributed by atoms with E-state index in [4.69, 9.17) is 6.42 Å². The van der Waals surface area contributed by atoms with Crippen LogP contribution in [0.1, 0.15) is 13.8 Å². The van der Waals surface area contributed by atoms with Gasteiger partial charge in [-0.15, -0.1) is 6.42 Å². The van der Waals surface area contributed by atoms with Crippen molar-refractivity contribution in [1.29, 1.82) is 0 Å². The summed E-state index contributed by atoms with van der Waals surface area (Å²) in [5.74, 6) is 1.72. The summed E-state index contributed by atoms with van der Waals surface area (Å²) in [6, 6.07) is 0. The Hall–Kier alpha value is -1.07. The van der Waals surface area contributed by atoms with E-state index in [0.717, 1.165) is 0 Å². The lowest BCUT2D eigenvalue weighted by Gasteiger charge is -2.32. The molecule has 10 heavy (non-hydrogen) atoms. The first kappa shape index (κ1) is 7.04. The van der Waals surface area contributed by atoms with E-state index in [1.165, 1.54) is 0 Å². The molecule has 0 aromatic heterocycles. The first-order chi connectivity index (χ1) is 4.54. The third kappa shape index (κ3) is 0.507. The fourth-order valence-electron chi connectivity index (χ4n) is 0.995. The number of rotatable bonds is 0. The highest BCUT2D eigenvalue weighted by molar-refractivity contribution is 6.14.